The Bertz CT molecular complexity index is 189. The largest absolute Gasteiger partial charge is 0.478 e. The van der Waals surface area contributed by atoms with Gasteiger partial charge in [-0.25, -0.2) is 9.59 Å². The molecule has 0 saturated carbocycles. The average molecular weight is 188 g/mol. The molecule has 1 fully saturated rings. The molecule has 1 aliphatic heterocycles. The van der Waals surface area contributed by atoms with E-state index in [0.29, 0.717) is 18.3 Å². The number of hydrogen-bond acceptors (Lipinski definition) is 3. The molecule has 0 spiro atoms. The predicted octanol–water partition coefficient (Wildman–Crippen LogP) is 0.507. The van der Waals surface area contributed by atoms with Crippen LogP contribution in [0, 0.1) is 0 Å². The second-order valence-electron chi connectivity index (χ2n) is 2.37. The topological polar surface area (TPSA) is 87.1 Å². The third-order valence-corrected chi connectivity index (χ3v) is 1.23. The Morgan fingerprint density at radius 2 is 1.77 bits per heavy atom. The molecule has 5 heteroatoms. The normalized spacial score (nSPS) is 19.0. The number of ether oxygens (including phenoxy) is 1. The van der Waals surface area contributed by atoms with Gasteiger partial charge >= 0.3 is 11.9 Å². The lowest BCUT2D eigenvalue weighted by Gasteiger charge is -1.74. The first-order valence-electron chi connectivity index (χ1n) is 3.81. The van der Waals surface area contributed by atoms with Crippen molar-refractivity contribution in [3.8, 4) is 0 Å². The third-order valence-electron chi connectivity index (χ3n) is 1.23. The molecule has 1 heterocycles. The molecule has 0 aliphatic carbocycles. The smallest absolute Gasteiger partial charge is 0.328 e. The molecule has 74 valence electrons. The maximum atomic E-state index is 9.55. The van der Waals surface area contributed by atoms with Gasteiger partial charge in [-0.05, 0) is 6.42 Å². The standard InChI is InChI=1S/C4H4O4.C4H8O/c5-3(6)1-2-4(7)8;1-2-4-3-5-4/h1-2H,(H,5,6)(H,7,8);4H,2-3H2,1H3/b2-1-;. The maximum absolute atomic E-state index is 9.55. The minimum absolute atomic E-state index is 0.558. The summed E-state index contributed by atoms with van der Waals surface area (Å²) in [5.41, 5.74) is 0. The summed E-state index contributed by atoms with van der Waals surface area (Å²) in [4.78, 5) is 19.1. The van der Waals surface area contributed by atoms with Crippen molar-refractivity contribution in [3.63, 3.8) is 0 Å². The number of carboxylic acids is 2. The Morgan fingerprint density at radius 1 is 1.38 bits per heavy atom. The quantitative estimate of drug-likeness (QED) is 0.497. The van der Waals surface area contributed by atoms with Gasteiger partial charge in [-0.15, -0.1) is 0 Å². The van der Waals surface area contributed by atoms with Crippen LogP contribution < -0.4 is 0 Å². The Labute approximate surface area is 75.6 Å². The number of epoxide rings is 1. The Hall–Kier alpha value is -1.36. The van der Waals surface area contributed by atoms with Crippen molar-refractivity contribution in [2.24, 2.45) is 0 Å². The summed E-state index contributed by atoms with van der Waals surface area (Å²) in [5.74, 6) is -2.51. The number of rotatable bonds is 3. The molecule has 1 rings (SSSR count). The van der Waals surface area contributed by atoms with E-state index >= 15 is 0 Å². The van der Waals surface area contributed by atoms with Crippen molar-refractivity contribution in [2.45, 2.75) is 19.4 Å². The van der Waals surface area contributed by atoms with Gasteiger partial charge in [0.25, 0.3) is 0 Å². The first kappa shape index (κ1) is 11.6. The van der Waals surface area contributed by atoms with Gasteiger partial charge in [0.05, 0.1) is 12.7 Å². The fourth-order valence-electron chi connectivity index (χ4n) is 0.446. The van der Waals surface area contributed by atoms with Gasteiger partial charge in [0.2, 0.25) is 0 Å². The van der Waals surface area contributed by atoms with Gasteiger partial charge in [-0.2, -0.15) is 0 Å². The molecule has 1 aliphatic rings. The Balaban J connectivity index is 0.000000243. The highest BCUT2D eigenvalue weighted by Crippen LogP contribution is 2.10. The molecule has 0 radical (unpaired) electrons. The van der Waals surface area contributed by atoms with Crippen molar-refractivity contribution in [1.82, 2.24) is 0 Å². The van der Waals surface area contributed by atoms with E-state index in [2.05, 4.69) is 6.92 Å². The SMILES string of the molecule is CCC1CO1.O=C(O)/C=C\C(=O)O. The van der Waals surface area contributed by atoms with Crippen LogP contribution in [0.4, 0.5) is 0 Å². The summed E-state index contributed by atoms with van der Waals surface area (Å²) in [6, 6.07) is 0. The Morgan fingerprint density at radius 3 is 1.85 bits per heavy atom. The molecule has 1 saturated heterocycles. The number of carboxylic acid groups (broad SMARTS) is 2. The summed E-state index contributed by atoms with van der Waals surface area (Å²) in [6.45, 7) is 3.15. The van der Waals surface area contributed by atoms with Gasteiger partial charge in [-0.3, -0.25) is 0 Å². The number of aliphatic carboxylic acids is 2. The van der Waals surface area contributed by atoms with Crippen LogP contribution in [0.1, 0.15) is 13.3 Å². The lowest BCUT2D eigenvalue weighted by atomic mass is 10.4. The maximum Gasteiger partial charge on any atom is 0.328 e. The second-order valence-corrected chi connectivity index (χ2v) is 2.37. The van der Waals surface area contributed by atoms with Crippen LogP contribution in [0.5, 0.6) is 0 Å². The molecule has 1 unspecified atom stereocenters. The van der Waals surface area contributed by atoms with Crippen LogP contribution in [0.2, 0.25) is 0 Å². The van der Waals surface area contributed by atoms with Crippen molar-refractivity contribution in [3.05, 3.63) is 12.2 Å². The van der Waals surface area contributed by atoms with Gasteiger partial charge in [0.1, 0.15) is 0 Å². The van der Waals surface area contributed by atoms with Gasteiger partial charge in [0.15, 0.2) is 0 Å². The molecule has 0 aromatic heterocycles. The molecule has 13 heavy (non-hydrogen) atoms. The van der Waals surface area contributed by atoms with Gasteiger partial charge in [-0.1, -0.05) is 6.92 Å². The van der Waals surface area contributed by atoms with E-state index in [1.54, 1.807) is 0 Å². The summed E-state index contributed by atoms with van der Waals surface area (Å²) in [6.07, 6.45) is 2.94. The summed E-state index contributed by atoms with van der Waals surface area (Å²) in [5, 5.41) is 15.6. The monoisotopic (exact) mass is 188 g/mol. The first-order chi connectivity index (χ1) is 6.06. The molecular weight excluding hydrogens is 176 g/mol. The van der Waals surface area contributed by atoms with E-state index < -0.39 is 11.9 Å². The fourth-order valence-corrected chi connectivity index (χ4v) is 0.446. The zero-order chi connectivity index (χ0) is 10.3. The minimum Gasteiger partial charge on any atom is -0.478 e. The van der Waals surface area contributed by atoms with Crippen molar-refractivity contribution >= 4 is 11.9 Å². The molecule has 0 aromatic carbocycles. The minimum atomic E-state index is -1.26. The molecular formula is C8H12O5. The number of hydrogen-bond donors (Lipinski definition) is 2. The highest BCUT2D eigenvalue weighted by Gasteiger charge is 2.18. The lowest BCUT2D eigenvalue weighted by Crippen LogP contribution is -1.91. The molecule has 5 nitrogen and oxygen atoms in total. The van der Waals surface area contributed by atoms with E-state index in [9.17, 15) is 9.59 Å². The zero-order valence-electron chi connectivity index (χ0n) is 7.27. The van der Waals surface area contributed by atoms with E-state index in [4.69, 9.17) is 14.9 Å². The lowest BCUT2D eigenvalue weighted by molar-refractivity contribution is -0.134. The van der Waals surface area contributed by atoms with Gasteiger partial charge in [0, 0.05) is 12.2 Å². The van der Waals surface area contributed by atoms with E-state index in [1.807, 2.05) is 0 Å². The summed E-state index contributed by atoms with van der Waals surface area (Å²) >= 11 is 0. The molecule has 0 amide bonds. The third kappa shape index (κ3) is 10.6. The summed E-state index contributed by atoms with van der Waals surface area (Å²) in [7, 11) is 0. The predicted molar refractivity (Wildman–Crippen MR) is 44.4 cm³/mol. The molecule has 0 bridgehead atoms. The fraction of sp³-hybridized carbons (Fsp3) is 0.500. The molecule has 2 N–H and O–H groups in total. The van der Waals surface area contributed by atoms with Crippen molar-refractivity contribution in [2.75, 3.05) is 6.61 Å². The highest BCUT2D eigenvalue weighted by molar-refractivity contribution is 5.89. The van der Waals surface area contributed by atoms with Crippen LogP contribution in [0.25, 0.3) is 0 Å². The van der Waals surface area contributed by atoms with Crippen molar-refractivity contribution < 1.29 is 24.5 Å². The first-order valence-corrected chi connectivity index (χ1v) is 3.81. The highest BCUT2D eigenvalue weighted by atomic mass is 16.6. The summed E-state index contributed by atoms with van der Waals surface area (Å²) < 4.78 is 4.86. The molecule has 1 atom stereocenters. The van der Waals surface area contributed by atoms with Crippen molar-refractivity contribution in [1.29, 1.82) is 0 Å². The van der Waals surface area contributed by atoms with E-state index in [1.165, 1.54) is 6.42 Å². The van der Waals surface area contributed by atoms with Crippen LogP contribution in [0.3, 0.4) is 0 Å². The van der Waals surface area contributed by atoms with Crippen LogP contribution in [-0.2, 0) is 14.3 Å². The van der Waals surface area contributed by atoms with Crippen LogP contribution in [-0.4, -0.2) is 34.9 Å². The van der Waals surface area contributed by atoms with Gasteiger partial charge < -0.3 is 14.9 Å². The molecule has 0 aromatic rings. The number of carbonyl (C=O) groups is 2. The van der Waals surface area contributed by atoms with Crippen LogP contribution >= 0.6 is 0 Å². The van der Waals surface area contributed by atoms with E-state index in [0.717, 1.165) is 6.61 Å². The Kier molecular flexibility index (Phi) is 5.54. The van der Waals surface area contributed by atoms with E-state index in [-0.39, 0.29) is 0 Å². The zero-order valence-corrected chi connectivity index (χ0v) is 7.27. The van der Waals surface area contributed by atoms with Crippen LogP contribution in [0.15, 0.2) is 12.2 Å². The second kappa shape index (κ2) is 6.19. The average Bonchev–Trinajstić information content (AvgIpc) is 2.84.